The molecule has 0 aliphatic heterocycles. The molecule has 0 radical (unpaired) electrons. The number of nitrogen functional groups attached to an aromatic ring is 1. The van der Waals surface area contributed by atoms with E-state index < -0.39 is 0 Å². The van der Waals surface area contributed by atoms with Crippen LogP contribution < -0.4 is 5.73 Å². The molecule has 0 saturated heterocycles. The molecule has 2 aromatic heterocycles. The molecule has 3 N–H and O–H groups in total. The number of nitrogens with zero attached hydrogens (tertiary/aromatic N) is 4. The fourth-order valence-electron chi connectivity index (χ4n) is 2.74. The summed E-state index contributed by atoms with van der Waals surface area (Å²) >= 11 is 0. The summed E-state index contributed by atoms with van der Waals surface area (Å²) in [6.45, 7) is 3.80. The second kappa shape index (κ2) is 4.70. The number of imidazole rings is 1. The van der Waals surface area contributed by atoms with Crippen LogP contribution in [0.4, 0.5) is 0 Å². The van der Waals surface area contributed by atoms with Crippen molar-refractivity contribution in [3.8, 4) is 5.82 Å². The summed E-state index contributed by atoms with van der Waals surface area (Å²) in [6.07, 6.45) is 6.12. The molecule has 6 heteroatoms. The van der Waals surface area contributed by atoms with E-state index in [2.05, 4.69) is 15.2 Å². The van der Waals surface area contributed by atoms with Crippen molar-refractivity contribution in [2.75, 3.05) is 0 Å². The smallest absolute Gasteiger partial charge is 0.172 e. The zero-order chi connectivity index (χ0) is 14.3. The van der Waals surface area contributed by atoms with Crippen LogP contribution in [0, 0.1) is 19.3 Å². The van der Waals surface area contributed by atoms with Gasteiger partial charge in [-0.2, -0.15) is 5.10 Å². The van der Waals surface area contributed by atoms with Gasteiger partial charge in [-0.05, 0) is 45.1 Å². The van der Waals surface area contributed by atoms with E-state index >= 15 is 0 Å². The molecule has 3 rings (SSSR count). The molecular weight excluding hydrogens is 252 g/mol. The van der Waals surface area contributed by atoms with Gasteiger partial charge in [0, 0.05) is 5.69 Å². The van der Waals surface area contributed by atoms with Crippen LogP contribution in [-0.4, -0.2) is 25.6 Å². The number of aromatic nitrogens is 4. The third-order valence-electron chi connectivity index (χ3n) is 3.96. The first kappa shape index (κ1) is 12.8. The Bertz CT molecular complexity index is 685. The van der Waals surface area contributed by atoms with Crippen molar-refractivity contribution >= 4 is 5.84 Å². The highest BCUT2D eigenvalue weighted by Gasteiger charge is 2.21. The highest BCUT2D eigenvalue weighted by atomic mass is 15.2. The molecule has 2 aromatic rings. The van der Waals surface area contributed by atoms with Gasteiger partial charge in [-0.1, -0.05) is 0 Å². The fourth-order valence-corrected chi connectivity index (χ4v) is 2.74. The number of nitrogens with two attached hydrogens (primary N) is 1. The summed E-state index contributed by atoms with van der Waals surface area (Å²) in [4.78, 5) is 4.47. The minimum Gasteiger partial charge on any atom is -0.384 e. The van der Waals surface area contributed by atoms with Crippen molar-refractivity contribution in [3.05, 3.63) is 34.5 Å². The van der Waals surface area contributed by atoms with Gasteiger partial charge in [-0.15, -0.1) is 5.10 Å². The number of fused-ring (bicyclic) bond motifs is 1. The first-order valence-electron chi connectivity index (χ1n) is 6.83. The first-order valence-corrected chi connectivity index (χ1v) is 6.83. The predicted molar refractivity (Wildman–Crippen MR) is 76.3 cm³/mol. The lowest BCUT2D eigenvalue weighted by Crippen LogP contribution is -2.20. The molecule has 0 spiro atoms. The molecule has 0 bridgehead atoms. The van der Waals surface area contributed by atoms with Crippen LogP contribution in [0.3, 0.4) is 0 Å². The molecule has 2 heterocycles. The van der Waals surface area contributed by atoms with Gasteiger partial charge >= 0.3 is 0 Å². The van der Waals surface area contributed by atoms with E-state index in [1.54, 1.807) is 6.33 Å². The molecule has 104 valence electrons. The summed E-state index contributed by atoms with van der Waals surface area (Å²) in [5.74, 6) is 0.644. The number of aryl methyl sites for hydroxylation is 2. The Morgan fingerprint density at radius 2 is 2.00 bits per heavy atom. The summed E-state index contributed by atoms with van der Waals surface area (Å²) in [6, 6.07) is 0. The normalized spacial score (nSPS) is 14.1. The monoisotopic (exact) mass is 270 g/mol. The molecule has 0 atom stereocenters. The molecular formula is C14H18N6. The van der Waals surface area contributed by atoms with Crippen LogP contribution in [0.2, 0.25) is 0 Å². The highest BCUT2D eigenvalue weighted by molar-refractivity contribution is 5.99. The maximum atomic E-state index is 7.83. The largest absolute Gasteiger partial charge is 0.384 e. The van der Waals surface area contributed by atoms with E-state index in [0.29, 0.717) is 11.4 Å². The van der Waals surface area contributed by atoms with E-state index in [4.69, 9.17) is 11.1 Å². The highest BCUT2D eigenvalue weighted by Crippen LogP contribution is 2.25. The molecule has 0 amide bonds. The van der Waals surface area contributed by atoms with Crippen LogP contribution in [0.15, 0.2) is 6.33 Å². The van der Waals surface area contributed by atoms with E-state index in [1.807, 2.05) is 18.4 Å². The summed E-state index contributed by atoms with van der Waals surface area (Å²) in [5.41, 5.74) is 10.4. The van der Waals surface area contributed by atoms with Crippen LogP contribution in [0.1, 0.15) is 41.1 Å². The number of amidine groups is 1. The van der Waals surface area contributed by atoms with Gasteiger partial charge in [0.05, 0.1) is 17.0 Å². The minimum atomic E-state index is 0.0220. The summed E-state index contributed by atoms with van der Waals surface area (Å²) in [5, 5.41) is 16.3. The van der Waals surface area contributed by atoms with Crippen LogP contribution in [0.25, 0.3) is 5.82 Å². The molecule has 1 aliphatic carbocycles. The van der Waals surface area contributed by atoms with Crippen molar-refractivity contribution in [2.45, 2.75) is 39.5 Å². The lowest BCUT2D eigenvalue weighted by atomic mass is 10.0. The summed E-state index contributed by atoms with van der Waals surface area (Å²) in [7, 11) is 0. The van der Waals surface area contributed by atoms with Gasteiger partial charge in [0.25, 0.3) is 0 Å². The molecule has 20 heavy (non-hydrogen) atoms. The van der Waals surface area contributed by atoms with Gasteiger partial charge < -0.3 is 5.73 Å². The second-order valence-corrected chi connectivity index (χ2v) is 5.24. The Morgan fingerprint density at radius 1 is 1.25 bits per heavy atom. The van der Waals surface area contributed by atoms with Crippen LogP contribution in [0.5, 0.6) is 0 Å². The molecule has 0 unspecified atom stereocenters. The maximum Gasteiger partial charge on any atom is 0.172 e. The summed E-state index contributed by atoms with van der Waals surface area (Å²) < 4.78 is 1.95. The topological polar surface area (TPSA) is 93.5 Å². The van der Waals surface area contributed by atoms with Gasteiger partial charge in [-0.3, -0.25) is 9.98 Å². The van der Waals surface area contributed by atoms with Crippen molar-refractivity contribution in [3.63, 3.8) is 0 Å². The lowest BCUT2D eigenvalue weighted by molar-refractivity contribution is 0.652. The Balaban J connectivity index is 2.22. The number of hydrogen-bond donors (Lipinski definition) is 2. The van der Waals surface area contributed by atoms with Crippen LogP contribution >= 0.6 is 0 Å². The average molecular weight is 270 g/mol. The standard InChI is InChI=1S/C14H18N6/c1-8-9(2)18-19-14(12(8)13(15)16)20-7-17-10-5-3-4-6-11(10)20/h7H,3-6H2,1-2H3,(H3,15,16). The van der Waals surface area contributed by atoms with Gasteiger partial charge in [0.2, 0.25) is 0 Å². The van der Waals surface area contributed by atoms with Crippen molar-refractivity contribution in [1.29, 1.82) is 5.41 Å². The van der Waals surface area contributed by atoms with Crippen molar-refractivity contribution in [1.82, 2.24) is 19.7 Å². The lowest BCUT2D eigenvalue weighted by Gasteiger charge is -2.16. The van der Waals surface area contributed by atoms with Crippen molar-refractivity contribution in [2.24, 2.45) is 5.73 Å². The molecule has 6 nitrogen and oxygen atoms in total. The minimum absolute atomic E-state index is 0.0220. The Kier molecular flexibility index (Phi) is 3.00. The maximum absolute atomic E-state index is 7.83. The predicted octanol–water partition coefficient (Wildman–Crippen LogP) is 1.44. The second-order valence-electron chi connectivity index (χ2n) is 5.24. The zero-order valence-electron chi connectivity index (χ0n) is 11.8. The Hall–Kier alpha value is -2.24. The van der Waals surface area contributed by atoms with Crippen molar-refractivity contribution < 1.29 is 0 Å². The van der Waals surface area contributed by atoms with E-state index in [9.17, 15) is 0 Å². The van der Waals surface area contributed by atoms with Crippen LogP contribution in [-0.2, 0) is 12.8 Å². The SMILES string of the molecule is Cc1nnc(-n2cnc3c2CCCC3)c(C(=N)N)c1C. The third-order valence-corrected chi connectivity index (χ3v) is 3.96. The van der Waals surface area contributed by atoms with Gasteiger partial charge in [-0.25, -0.2) is 4.98 Å². The molecule has 0 fully saturated rings. The van der Waals surface area contributed by atoms with Gasteiger partial charge in [0.1, 0.15) is 12.2 Å². The average Bonchev–Trinajstić information content (AvgIpc) is 2.85. The quantitative estimate of drug-likeness (QED) is 0.638. The van der Waals surface area contributed by atoms with E-state index in [0.717, 1.165) is 36.2 Å². The Labute approximate surface area is 117 Å². The molecule has 0 aromatic carbocycles. The van der Waals surface area contributed by atoms with Gasteiger partial charge in [0.15, 0.2) is 5.82 Å². The molecule has 0 saturated carbocycles. The zero-order valence-corrected chi connectivity index (χ0v) is 11.8. The number of hydrogen-bond acceptors (Lipinski definition) is 4. The Morgan fingerprint density at radius 3 is 2.75 bits per heavy atom. The van der Waals surface area contributed by atoms with E-state index in [-0.39, 0.29) is 5.84 Å². The number of rotatable bonds is 2. The third kappa shape index (κ3) is 1.88. The molecule has 1 aliphatic rings. The van der Waals surface area contributed by atoms with E-state index in [1.165, 1.54) is 12.1 Å². The first-order chi connectivity index (χ1) is 9.59. The number of nitrogens with one attached hydrogen (secondary N) is 1. The fraction of sp³-hybridized carbons (Fsp3) is 0.429.